The summed E-state index contributed by atoms with van der Waals surface area (Å²) in [7, 11) is 0. The van der Waals surface area contributed by atoms with Gasteiger partial charge in [0.25, 0.3) is 5.91 Å². The minimum atomic E-state index is -0.0472. The first-order valence-electron chi connectivity index (χ1n) is 12.3. The SMILES string of the molecule is Nc1ccc(C(=O)N(CCN2CCN(c3cccc(Cl)c3)CC2)c2ncnc3c2CCCC3)cc1. The van der Waals surface area contributed by atoms with Gasteiger partial charge in [-0.1, -0.05) is 17.7 Å². The molecule has 2 heterocycles. The van der Waals surface area contributed by atoms with E-state index in [0.717, 1.165) is 86.2 Å². The molecule has 8 heteroatoms. The number of nitrogens with zero attached hydrogens (tertiary/aromatic N) is 5. The number of amides is 1. The molecule has 182 valence electrons. The van der Waals surface area contributed by atoms with Gasteiger partial charge in [0.15, 0.2) is 0 Å². The average Bonchev–Trinajstić information content (AvgIpc) is 2.89. The van der Waals surface area contributed by atoms with E-state index in [1.807, 2.05) is 23.1 Å². The van der Waals surface area contributed by atoms with Crippen LogP contribution in [0.1, 0.15) is 34.5 Å². The van der Waals surface area contributed by atoms with Crippen LogP contribution >= 0.6 is 11.6 Å². The number of hydrogen-bond acceptors (Lipinski definition) is 6. The molecule has 1 amide bonds. The maximum atomic E-state index is 13.7. The Kier molecular flexibility index (Phi) is 7.16. The van der Waals surface area contributed by atoms with Crippen molar-refractivity contribution in [1.82, 2.24) is 14.9 Å². The lowest BCUT2D eigenvalue weighted by molar-refractivity contribution is 0.0982. The monoisotopic (exact) mass is 490 g/mol. The maximum Gasteiger partial charge on any atom is 0.259 e. The quantitative estimate of drug-likeness (QED) is 0.525. The van der Waals surface area contributed by atoms with Crippen molar-refractivity contribution < 1.29 is 4.79 Å². The number of aryl methyl sites for hydroxylation is 1. The highest BCUT2D eigenvalue weighted by atomic mass is 35.5. The predicted molar refractivity (Wildman–Crippen MR) is 141 cm³/mol. The number of rotatable bonds is 6. The first-order valence-corrected chi connectivity index (χ1v) is 12.7. The average molecular weight is 491 g/mol. The number of fused-ring (bicyclic) bond motifs is 1. The van der Waals surface area contributed by atoms with E-state index in [4.69, 9.17) is 17.3 Å². The summed E-state index contributed by atoms with van der Waals surface area (Å²) >= 11 is 6.18. The standard InChI is InChI=1S/C27H31ClN6O/c28-21-4-3-5-23(18-21)33-15-12-32(13-16-33)14-17-34(27(35)20-8-10-22(29)11-9-20)26-24-6-1-2-7-25(24)30-19-31-26/h3-5,8-11,18-19H,1-2,6-7,12-17,29H2. The highest BCUT2D eigenvalue weighted by Crippen LogP contribution is 2.28. The molecule has 0 saturated carbocycles. The van der Waals surface area contributed by atoms with Crippen LogP contribution < -0.4 is 15.5 Å². The van der Waals surface area contributed by atoms with Crippen LogP contribution in [0.15, 0.2) is 54.9 Å². The summed E-state index contributed by atoms with van der Waals surface area (Å²) in [6.07, 6.45) is 5.69. The fourth-order valence-corrected chi connectivity index (χ4v) is 5.15. The number of carbonyl (C=O) groups is 1. The molecule has 0 spiro atoms. The van der Waals surface area contributed by atoms with Gasteiger partial charge in [0, 0.05) is 72.5 Å². The molecule has 35 heavy (non-hydrogen) atoms. The van der Waals surface area contributed by atoms with Crippen LogP contribution in [0.3, 0.4) is 0 Å². The van der Waals surface area contributed by atoms with Crippen LogP contribution in [-0.4, -0.2) is 60.0 Å². The van der Waals surface area contributed by atoms with Crippen molar-refractivity contribution in [2.24, 2.45) is 0 Å². The number of nitrogen functional groups attached to an aromatic ring is 1. The van der Waals surface area contributed by atoms with Gasteiger partial charge >= 0.3 is 0 Å². The Balaban J connectivity index is 1.32. The van der Waals surface area contributed by atoms with E-state index in [2.05, 4.69) is 25.8 Å². The molecule has 0 bridgehead atoms. The second-order valence-electron chi connectivity index (χ2n) is 9.22. The Hall–Kier alpha value is -3.16. The predicted octanol–water partition coefficient (Wildman–Crippen LogP) is 4.06. The summed E-state index contributed by atoms with van der Waals surface area (Å²) in [6.45, 7) is 5.06. The highest BCUT2D eigenvalue weighted by Gasteiger charge is 2.26. The Morgan fingerprint density at radius 2 is 1.77 bits per heavy atom. The molecule has 0 unspecified atom stereocenters. The molecule has 7 nitrogen and oxygen atoms in total. The molecule has 2 N–H and O–H groups in total. The zero-order valence-electron chi connectivity index (χ0n) is 19.9. The normalized spacial score (nSPS) is 16.1. The summed E-state index contributed by atoms with van der Waals surface area (Å²) in [5.74, 6) is 0.711. The van der Waals surface area contributed by atoms with Gasteiger partial charge < -0.3 is 10.6 Å². The second-order valence-corrected chi connectivity index (χ2v) is 9.65. The lowest BCUT2D eigenvalue weighted by atomic mass is 9.96. The molecule has 0 radical (unpaired) electrons. The fourth-order valence-electron chi connectivity index (χ4n) is 4.97. The molecule has 5 rings (SSSR count). The van der Waals surface area contributed by atoms with Gasteiger partial charge in [-0.2, -0.15) is 0 Å². The fraction of sp³-hybridized carbons (Fsp3) is 0.370. The number of piperazine rings is 1. The molecule has 1 aromatic heterocycles. The molecule has 2 aliphatic rings. The van der Waals surface area contributed by atoms with Crippen molar-refractivity contribution in [3.63, 3.8) is 0 Å². The molecule has 1 aliphatic heterocycles. The van der Waals surface area contributed by atoms with Gasteiger partial charge in [0.2, 0.25) is 0 Å². The first kappa shape index (κ1) is 23.6. The Labute approximate surface area is 211 Å². The third-order valence-corrected chi connectivity index (χ3v) is 7.18. The van der Waals surface area contributed by atoms with Crippen molar-refractivity contribution >= 4 is 34.7 Å². The number of halogens is 1. The van der Waals surface area contributed by atoms with Crippen molar-refractivity contribution in [3.8, 4) is 0 Å². The smallest absolute Gasteiger partial charge is 0.259 e. The van der Waals surface area contributed by atoms with Crippen molar-refractivity contribution in [2.45, 2.75) is 25.7 Å². The lowest BCUT2D eigenvalue weighted by Crippen LogP contribution is -2.49. The van der Waals surface area contributed by atoms with Crippen molar-refractivity contribution in [1.29, 1.82) is 0 Å². The van der Waals surface area contributed by atoms with Crippen molar-refractivity contribution in [3.05, 3.63) is 76.7 Å². The third kappa shape index (κ3) is 5.41. The Morgan fingerprint density at radius 1 is 1.00 bits per heavy atom. The van der Waals surface area contributed by atoms with E-state index in [-0.39, 0.29) is 5.91 Å². The van der Waals surface area contributed by atoms with Crippen LogP contribution in [0.2, 0.25) is 5.02 Å². The second kappa shape index (κ2) is 10.6. The van der Waals surface area contributed by atoms with Crippen LogP contribution in [0.4, 0.5) is 17.2 Å². The number of anilines is 3. The molecule has 3 aromatic rings. The minimum absolute atomic E-state index is 0.0472. The number of carbonyl (C=O) groups excluding carboxylic acids is 1. The van der Waals surface area contributed by atoms with E-state index < -0.39 is 0 Å². The molecular weight excluding hydrogens is 460 g/mol. The van der Waals surface area contributed by atoms with E-state index in [1.54, 1.807) is 30.6 Å². The molecule has 1 aliphatic carbocycles. The first-order chi connectivity index (χ1) is 17.1. The number of hydrogen-bond donors (Lipinski definition) is 1. The summed E-state index contributed by atoms with van der Waals surface area (Å²) in [5.41, 5.74) is 10.5. The summed E-state index contributed by atoms with van der Waals surface area (Å²) in [4.78, 5) is 29.4. The van der Waals surface area contributed by atoms with Crippen LogP contribution in [-0.2, 0) is 12.8 Å². The zero-order chi connectivity index (χ0) is 24.2. The van der Waals surface area contributed by atoms with E-state index >= 15 is 0 Å². The Morgan fingerprint density at radius 3 is 2.54 bits per heavy atom. The molecular formula is C27H31ClN6O. The van der Waals surface area contributed by atoms with Gasteiger partial charge in [-0.05, 0) is 68.1 Å². The van der Waals surface area contributed by atoms with Gasteiger partial charge in [-0.15, -0.1) is 0 Å². The number of nitrogens with two attached hydrogens (primary N) is 1. The molecule has 0 atom stereocenters. The summed E-state index contributed by atoms with van der Waals surface area (Å²) in [6, 6.07) is 15.2. The zero-order valence-corrected chi connectivity index (χ0v) is 20.6. The summed E-state index contributed by atoms with van der Waals surface area (Å²) < 4.78 is 0. The van der Waals surface area contributed by atoms with E-state index in [0.29, 0.717) is 17.8 Å². The molecule has 1 saturated heterocycles. The van der Waals surface area contributed by atoms with Crippen molar-refractivity contribution in [2.75, 3.05) is 54.8 Å². The summed E-state index contributed by atoms with van der Waals surface area (Å²) in [5, 5.41) is 0.759. The maximum absolute atomic E-state index is 13.7. The number of benzene rings is 2. The molecule has 2 aromatic carbocycles. The number of aromatic nitrogens is 2. The van der Waals surface area contributed by atoms with Gasteiger partial charge in [0.1, 0.15) is 12.1 Å². The highest BCUT2D eigenvalue weighted by molar-refractivity contribution is 6.30. The third-order valence-electron chi connectivity index (χ3n) is 6.95. The lowest BCUT2D eigenvalue weighted by Gasteiger charge is -2.37. The topological polar surface area (TPSA) is 78.6 Å². The van der Waals surface area contributed by atoms with Gasteiger partial charge in [0.05, 0.1) is 0 Å². The van der Waals surface area contributed by atoms with Gasteiger partial charge in [-0.3, -0.25) is 14.6 Å². The van der Waals surface area contributed by atoms with Crippen LogP contribution in [0.25, 0.3) is 0 Å². The minimum Gasteiger partial charge on any atom is -0.399 e. The van der Waals surface area contributed by atoms with E-state index in [9.17, 15) is 4.79 Å². The van der Waals surface area contributed by atoms with Crippen LogP contribution in [0.5, 0.6) is 0 Å². The molecule has 1 fully saturated rings. The Bertz CT molecular complexity index is 1180. The van der Waals surface area contributed by atoms with Crippen LogP contribution in [0, 0.1) is 0 Å². The largest absolute Gasteiger partial charge is 0.399 e. The van der Waals surface area contributed by atoms with Gasteiger partial charge in [-0.25, -0.2) is 9.97 Å². The van der Waals surface area contributed by atoms with E-state index in [1.165, 1.54) is 0 Å².